The fraction of sp³-hybridized carbons (Fsp3) is 0.111. The highest BCUT2D eigenvalue weighted by Crippen LogP contribution is 2.11. The smallest absolute Gasteiger partial charge is 0.198 e. The Labute approximate surface area is 87.3 Å². The molecule has 0 aliphatic heterocycles. The van der Waals surface area contributed by atoms with E-state index in [-0.39, 0.29) is 5.88 Å². The summed E-state index contributed by atoms with van der Waals surface area (Å²) in [5, 5.41) is 3.75. The van der Waals surface area contributed by atoms with Crippen LogP contribution in [0.3, 0.4) is 0 Å². The molecule has 6 heteroatoms. The third-order valence-corrected chi connectivity index (χ3v) is 3.47. The summed E-state index contributed by atoms with van der Waals surface area (Å²) in [6, 6.07) is 8.27. The molecular formula is C9H9N3O2S. The third kappa shape index (κ3) is 2.21. The highest BCUT2D eigenvalue weighted by molar-refractivity contribution is 7.90. The minimum absolute atomic E-state index is 0.184. The number of rotatable bonds is 3. The van der Waals surface area contributed by atoms with Gasteiger partial charge < -0.3 is 0 Å². The van der Waals surface area contributed by atoms with Gasteiger partial charge in [-0.15, -0.1) is 0 Å². The van der Waals surface area contributed by atoms with Crippen molar-refractivity contribution in [1.29, 1.82) is 0 Å². The molecule has 0 aliphatic rings. The predicted octanol–water partition coefficient (Wildman–Crippen LogP) is 0.710. The van der Waals surface area contributed by atoms with Gasteiger partial charge in [-0.25, -0.2) is 18.1 Å². The van der Waals surface area contributed by atoms with Gasteiger partial charge in [0.05, 0.1) is 4.90 Å². The Morgan fingerprint density at radius 2 is 1.93 bits per heavy atom. The van der Waals surface area contributed by atoms with Gasteiger partial charge in [-0.05, 0) is 12.1 Å². The van der Waals surface area contributed by atoms with Crippen LogP contribution in [0.1, 0.15) is 0 Å². The van der Waals surface area contributed by atoms with Crippen LogP contribution in [-0.4, -0.2) is 23.2 Å². The van der Waals surface area contributed by atoms with Crippen LogP contribution in [0.4, 0.5) is 0 Å². The molecule has 1 aromatic heterocycles. The zero-order valence-corrected chi connectivity index (χ0v) is 8.63. The van der Waals surface area contributed by atoms with Crippen LogP contribution < -0.4 is 0 Å². The molecule has 0 aliphatic carbocycles. The summed E-state index contributed by atoms with van der Waals surface area (Å²) in [6.45, 7) is 0. The van der Waals surface area contributed by atoms with Crippen molar-refractivity contribution in [1.82, 2.24) is 14.8 Å². The second kappa shape index (κ2) is 3.82. The van der Waals surface area contributed by atoms with E-state index in [1.165, 1.54) is 17.3 Å². The molecule has 1 heterocycles. The van der Waals surface area contributed by atoms with Crippen LogP contribution in [0.25, 0.3) is 0 Å². The average Bonchev–Trinajstić information content (AvgIpc) is 2.71. The minimum Gasteiger partial charge on any atom is -0.237 e. The average molecular weight is 223 g/mol. The number of nitrogens with zero attached hydrogens (tertiary/aromatic N) is 3. The molecular weight excluding hydrogens is 214 g/mol. The van der Waals surface area contributed by atoms with Crippen molar-refractivity contribution >= 4 is 9.84 Å². The summed E-state index contributed by atoms with van der Waals surface area (Å²) >= 11 is 0. The van der Waals surface area contributed by atoms with E-state index in [0.29, 0.717) is 4.90 Å². The first-order valence-electron chi connectivity index (χ1n) is 4.29. The van der Waals surface area contributed by atoms with E-state index >= 15 is 0 Å². The molecule has 0 spiro atoms. The molecule has 0 fully saturated rings. The highest BCUT2D eigenvalue weighted by atomic mass is 32.2. The summed E-state index contributed by atoms with van der Waals surface area (Å²) < 4.78 is 24.9. The van der Waals surface area contributed by atoms with Crippen LogP contribution >= 0.6 is 0 Å². The van der Waals surface area contributed by atoms with E-state index in [1.54, 1.807) is 30.3 Å². The lowest BCUT2D eigenvalue weighted by molar-refractivity contribution is 0.575. The molecule has 0 amide bonds. The van der Waals surface area contributed by atoms with Gasteiger partial charge in [-0.2, -0.15) is 5.10 Å². The van der Waals surface area contributed by atoms with Gasteiger partial charge in [0.1, 0.15) is 18.5 Å². The molecule has 0 atom stereocenters. The fourth-order valence-corrected chi connectivity index (χ4v) is 2.38. The number of hydrogen-bond donors (Lipinski definition) is 0. The maximum Gasteiger partial charge on any atom is 0.198 e. The van der Waals surface area contributed by atoms with Gasteiger partial charge in [-0.3, -0.25) is 0 Å². The molecule has 0 N–H and O–H groups in total. The monoisotopic (exact) mass is 223 g/mol. The summed E-state index contributed by atoms with van der Waals surface area (Å²) in [7, 11) is -3.32. The second-order valence-electron chi connectivity index (χ2n) is 2.99. The van der Waals surface area contributed by atoms with Gasteiger partial charge in [0.15, 0.2) is 9.84 Å². The van der Waals surface area contributed by atoms with E-state index in [2.05, 4.69) is 10.1 Å². The quantitative estimate of drug-likeness (QED) is 0.768. The molecule has 1 aromatic carbocycles. The molecule has 0 saturated heterocycles. The molecule has 0 radical (unpaired) electrons. The van der Waals surface area contributed by atoms with Crippen molar-refractivity contribution in [3.05, 3.63) is 43.0 Å². The van der Waals surface area contributed by atoms with Crippen LogP contribution in [0, 0.1) is 0 Å². The zero-order valence-electron chi connectivity index (χ0n) is 7.81. The molecule has 15 heavy (non-hydrogen) atoms. The molecule has 5 nitrogen and oxygen atoms in total. The number of hydrogen-bond acceptors (Lipinski definition) is 4. The lowest BCUT2D eigenvalue weighted by atomic mass is 10.4. The van der Waals surface area contributed by atoms with E-state index in [4.69, 9.17) is 0 Å². The minimum atomic E-state index is -3.32. The Hall–Kier alpha value is -1.69. The van der Waals surface area contributed by atoms with Crippen molar-refractivity contribution in [2.24, 2.45) is 0 Å². The Bertz CT molecular complexity index is 520. The van der Waals surface area contributed by atoms with Gasteiger partial charge in [0.2, 0.25) is 0 Å². The predicted molar refractivity (Wildman–Crippen MR) is 53.6 cm³/mol. The molecule has 78 valence electrons. The first kappa shape index (κ1) is 9.85. The van der Waals surface area contributed by atoms with E-state index in [0.717, 1.165) is 0 Å². The lowest BCUT2D eigenvalue weighted by Crippen LogP contribution is -2.11. The Morgan fingerprint density at radius 1 is 1.20 bits per heavy atom. The van der Waals surface area contributed by atoms with Crippen LogP contribution in [0.5, 0.6) is 0 Å². The summed E-state index contributed by atoms with van der Waals surface area (Å²) in [4.78, 5) is 3.98. The van der Waals surface area contributed by atoms with Crippen molar-refractivity contribution in [3.63, 3.8) is 0 Å². The third-order valence-electron chi connectivity index (χ3n) is 1.87. The summed E-state index contributed by atoms with van der Waals surface area (Å²) in [5.74, 6) is -0.184. The normalized spacial score (nSPS) is 11.5. The second-order valence-corrected chi connectivity index (χ2v) is 4.95. The Balaban J connectivity index is 2.29. The maximum absolute atomic E-state index is 11.8. The Kier molecular flexibility index (Phi) is 2.51. The standard InChI is InChI=1S/C9H9N3O2S/c13-15(14,8-12-7-10-6-11-12)9-4-2-1-3-5-9/h1-7H,8H2. The Morgan fingerprint density at radius 3 is 2.53 bits per heavy atom. The van der Waals surface area contributed by atoms with Crippen LogP contribution in [-0.2, 0) is 15.7 Å². The summed E-state index contributed by atoms with van der Waals surface area (Å²) in [6.07, 6.45) is 2.68. The van der Waals surface area contributed by atoms with Crippen LogP contribution in [0.2, 0.25) is 0 Å². The topological polar surface area (TPSA) is 64.8 Å². The molecule has 0 saturated carbocycles. The highest BCUT2D eigenvalue weighted by Gasteiger charge is 2.14. The molecule has 0 unspecified atom stereocenters. The van der Waals surface area contributed by atoms with Crippen molar-refractivity contribution in [3.8, 4) is 0 Å². The number of aromatic nitrogens is 3. The first-order valence-corrected chi connectivity index (χ1v) is 5.94. The summed E-state index contributed by atoms with van der Waals surface area (Å²) in [5.41, 5.74) is 0. The SMILES string of the molecule is O=S(=O)(Cn1cncn1)c1ccccc1. The van der Waals surface area contributed by atoms with Gasteiger partial charge in [-0.1, -0.05) is 18.2 Å². The van der Waals surface area contributed by atoms with Gasteiger partial charge in [0, 0.05) is 0 Å². The molecule has 0 bridgehead atoms. The van der Waals surface area contributed by atoms with E-state index < -0.39 is 9.84 Å². The van der Waals surface area contributed by atoms with Gasteiger partial charge in [0.25, 0.3) is 0 Å². The number of sulfone groups is 1. The molecule has 2 rings (SSSR count). The van der Waals surface area contributed by atoms with Crippen molar-refractivity contribution in [2.75, 3.05) is 0 Å². The van der Waals surface area contributed by atoms with Crippen molar-refractivity contribution < 1.29 is 8.42 Å². The maximum atomic E-state index is 11.8. The van der Waals surface area contributed by atoms with Crippen LogP contribution in [0.15, 0.2) is 47.9 Å². The van der Waals surface area contributed by atoms with E-state index in [9.17, 15) is 8.42 Å². The van der Waals surface area contributed by atoms with Gasteiger partial charge >= 0.3 is 0 Å². The first-order chi connectivity index (χ1) is 7.18. The fourth-order valence-electron chi connectivity index (χ4n) is 1.18. The lowest BCUT2D eigenvalue weighted by Gasteiger charge is -2.03. The number of benzene rings is 1. The largest absolute Gasteiger partial charge is 0.237 e. The molecule has 2 aromatic rings. The zero-order chi connectivity index (χ0) is 10.7. The van der Waals surface area contributed by atoms with E-state index in [1.807, 2.05) is 0 Å². The van der Waals surface area contributed by atoms with Crippen molar-refractivity contribution in [2.45, 2.75) is 10.8 Å².